The number of amides is 1. The number of nitrogens with one attached hydrogen (secondary N) is 1. The molecule has 0 unspecified atom stereocenters. The number of carbonyl (C=O) groups is 1. The average Bonchev–Trinajstić information content (AvgIpc) is 2.83. The van der Waals surface area contributed by atoms with Gasteiger partial charge in [-0.05, 0) is 47.7 Å². The molecular formula is C27H30N2O4S. The molecule has 1 N–H and O–H groups in total. The number of anilines is 1. The molecule has 0 saturated carbocycles. The van der Waals surface area contributed by atoms with Gasteiger partial charge < -0.3 is 10.1 Å². The third-order valence-corrected chi connectivity index (χ3v) is 7.77. The van der Waals surface area contributed by atoms with E-state index in [9.17, 15) is 13.2 Å². The fourth-order valence-corrected chi connectivity index (χ4v) is 5.42. The summed E-state index contributed by atoms with van der Waals surface area (Å²) in [5.74, 6) is 0.00133. The predicted octanol–water partition coefficient (Wildman–Crippen LogP) is 4.82. The molecule has 4 rings (SSSR count). The van der Waals surface area contributed by atoms with Gasteiger partial charge in [-0.25, -0.2) is 8.42 Å². The fourth-order valence-electron chi connectivity index (χ4n) is 3.93. The minimum Gasteiger partial charge on any atom is -0.476 e. The minimum atomic E-state index is -3.91. The van der Waals surface area contributed by atoms with E-state index in [2.05, 4.69) is 26.1 Å². The molecule has 178 valence electrons. The van der Waals surface area contributed by atoms with Crippen LogP contribution in [0.15, 0.2) is 83.8 Å². The van der Waals surface area contributed by atoms with Crippen molar-refractivity contribution in [2.24, 2.45) is 0 Å². The number of hydrogen-bond donors (Lipinski definition) is 1. The van der Waals surface area contributed by atoms with Gasteiger partial charge in [0.05, 0.1) is 23.2 Å². The maximum atomic E-state index is 13.7. The number of hydrogen-bond acceptors (Lipinski definition) is 4. The van der Waals surface area contributed by atoms with Crippen LogP contribution in [0.4, 0.5) is 5.69 Å². The molecular weight excluding hydrogens is 448 g/mol. The number of sulfonamides is 1. The molecule has 0 fully saturated rings. The molecule has 6 nitrogen and oxygen atoms in total. The molecule has 0 spiro atoms. The molecule has 1 heterocycles. The molecule has 2 atom stereocenters. The predicted molar refractivity (Wildman–Crippen MR) is 134 cm³/mol. The van der Waals surface area contributed by atoms with E-state index in [1.54, 1.807) is 36.4 Å². The zero-order chi connectivity index (χ0) is 24.5. The van der Waals surface area contributed by atoms with Crippen molar-refractivity contribution < 1.29 is 17.9 Å². The lowest BCUT2D eigenvalue weighted by Crippen LogP contribution is -2.51. The van der Waals surface area contributed by atoms with Crippen LogP contribution in [-0.4, -0.2) is 27.0 Å². The molecule has 1 aliphatic rings. The van der Waals surface area contributed by atoms with Crippen LogP contribution in [-0.2, 0) is 20.2 Å². The quantitative estimate of drug-likeness (QED) is 0.571. The summed E-state index contributed by atoms with van der Waals surface area (Å²) in [6.45, 7) is 7.96. The molecule has 0 aromatic heterocycles. The summed E-state index contributed by atoms with van der Waals surface area (Å²) in [5, 5.41) is 2.96. The van der Waals surface area contributed by atoms with Crippen LogP contribution in [0.3, 0.4) is 0 Å². The van der Waals surface area contributed by atoms with Crippen molar-refractivity contribution >= 4 is 21.6 Å². The SMILES string of the molecule is C[C@@H](NC(=O)[C@H]1CN(S(=O)(=O)c2ccccc2)c2cc(C(C)(C)C)ccc2O1)c1ccccc1. The van der Waals surface area contributed by atoms with E-state index in [4.69, 9.17) is 4.74 Å². The maximum absolute atomic E-state index is 13.7. The Morgan fingerprint density at radius 2 is 1.62 bits per heavy atom. The first kappa shape index (κ1) is 23.8. The molecule has 34 heavy (non-hydrogen) atoms. The van der Waals surface area contributed by atoms with Crippen molar-refractivity contribution in [3.63, 3.8) is 0 Å². The van der Waals surface area contributed by atoms with Gasteiger partial charge in [0.2, 0.25) is 0 Å². The monoisotopic (exact) mass is 478 g/mol. The first-order valence-electron chi connectivity index (χ1n) is 11.3. The molecule has 0 saturated heterocycles. The Morgan fingerprint density at radius 1 is 1.00 bits per heavy atom. The third kappa shape index (κ3) is 4.80. The molecule has 7 heteroatoms. The summed E-state index contributed by atoms with van der Waals surface area (Å²) >= 11 is 0. The molecule has 3 aromatic carbocycles. The first-order valence-corrected chi connectivity index (χ1v) is 12.8. The summed E-state index contributed by atoms with van der Waals surface area (Å²) in [4.78, 5) is 13.3. The number of benzene rings is 3. The van der Waals surface area contributed by atoms with Gasteiger partial charge in [0.1, 0.15) is 5.75 Å². The van der Waals surface area contributed by atoms with Crippen molar-refractivity contribution in [3.8, 4) is 5.75 Å². The zero-order valence-electron chi connectivity index (χ0n) is 19.9. The summed E-state index contributed by atoms with van der Waals surface area (Å²) in [7, 11) is -3.91. The smallest absolute Gasteiger partial charge is 0.264 e. The van der Waals surface area contributed by atoms with E-state index < -0.39 is 16.1 Å². The normalized spacial score (nSPS) is 16.8. The van der Waals surface area contributed by atoms with E-state index in [-0.39, 0.29) is 28.8 Å². The minimum absolute atomic E-state index is 0.120. The van der Waals surface area contributed by atoms with Crippen LogP contribution in [0.1, 0.15) is 44.9 Å². The Morgan fingerprint density at radius 3 is 2.24 bits per heavy atom. The van der Waals surface area contributed by atoms with Gasteiger partial charge in [-0.3, -0.25) is 9.10 Å². The van der Waals surface area contributed by atoms with E-state index >= 15 is 0 Å². The van der Waals surface area contributed by atoms with E-state index in [1.165, 1.54) is 4.31 Å². The zero-order valence-corrected chi connectivity index (χ0v) is 20.7. The summed E-state index contributed by atoms with van der Waals surface area (Å²) < 4.78 is 34.7. The Balaban J connectivity index is 1.70. The highest BCUT2D eigenvalue weighted by Crippen LogP contribution is 2.40. The number of carbonyl (C=O) groups excluding carboxylic acids is 1. The lowest BCUT2D eigenvalue weighted by Gasteiger charge is -2.36. The van der Waals surface area contributed by atoms with Gasteiger partial charge in [0.25, 0.3) is 15.9 Å². The van der Waals surface area contributed by atoms with E-state index in [0.717, 1.165) is 11.1 Å². The summed E-state index contributed by atoms with van der Waals surface area (Å²) in [6.07, 6.45) is -0.988. The van der Waals surface area contributed by atoms with Crippen molar-refractivity contribution in [1.29, 1.82) is 0 Å². The van der Waals surface area contributed by atoms with Crippen LogP contribution in [0, 0.1) is 0 Å². The van der Waals surface area contributed by atoms with Crippen molar-refractivity contribution in [2.75, 3.05) is 10.8 Å². The highest BCUT2D eigenvalue weighted by atomic mass is 32.2. The van der Waals surface area contributed by atoms with Crippen molar-refractivity contribution in [1.82, 2.24) is 5.32 Å². The van der Waals surface area contributed by atoms with Crippen LogP contribution in [0.2, 0.25) is 0 Å². The lowest BCUT2D eigenvalue weighted by atomic mass is 9.86. The van der Waals surface area contributed by atoms with Crippen LogP contribution < -0.4 is 14.4 Å². The molecule has 1 amide bonds. The van der Waals surface area contributed by atoms with Crippen molar-refractivity contribution in [3.05, 3.63) is 90.0 Å². The highest BCUT2D eigenvalue weighted by molar-refractivity contribution is 7.92. The average molecular weight is 479 g/mol. The number of rotatable bonds is 5. The highest BCUT2D eigenvalue weighted by Gasteiger charge is 2.38. The second-order valence-electron chi connectivity index (χ2n) is 9.53. The topological polar surface area (TPSA) is 75.7 Å². The van der Waals surface area contributed by atoms with Gasteiger partial charge in [-0.1, -0.05) is 75.4 Å². The van der Waals surface area contributed by atoms with Gasteiger partial charge >= 0.3 is 0 Å². The maximum Gasteiger partial charge on any atom is 0.264 e. The fraction of sp³-hybridized carbons (Fsp3) is 0.296. The Labute approximate surface area is 201 Å². The standard InChI is InChI=1S/C27H30N2O4S/c1-19(20-11-7-5-8-12-20)28-26(30)25-18-29(34(31,32)22-13-9-6-10-14-22)23-17-21(27(2,3)4)15-16-24(23)33-25/h5-17,19,25H,18H2,1-4H3,(H,28,30)/t19-,25-/m1/s1. The molecule has 0 radical (unpaired) electrons. The van der Waals surface area contributed by atoms with Crippen LogP contribution in [0.5, 0.6) is 5.75 Å². The van der Waals surface area contributed by atoms with E-state index in [1.807, 2.05) is 49.4 Å². The second kappa shape index (κ2) is 9.14. The van der Waals surface area contributed by atoms with Gasteiger partial charge in [0.15, 0.2) is 6.10 Å². The molecule has 0 aliphatic carbocycles. The Kier molecular flexibility index (Phi) is 6.41. The van der Waals surface area contributed by atoms with Crippen LogP contribution >= 0.6 is 0 Å². The van der Waals surface area contributed by atoms with Gasteiger partial charge in [0, 0.05) is 0 Å². The number of nitrogens with zero attached hydrogens (tertiary/aromatic N) is 1. The first-order chi connectivity index (χ1) is 16.1. The third-order valence-electron chi connectivity index (χ3n) is 5.98. The van der Waals surface area contributed by atoms with Gasteiger partial charge in [-0.2, -0.15) is 0 Å². The molecule has 3 aromatic rings. The lowest BCUT2D eigenvalue weighted by molar-refractivity contribution is -0.128. The molecule has 0 bridgehead atoms. The molecule has 1 aliphatic heterocycles. The van der Waals surface area contributed by atoms with Crippen LogP contribution in [0.25, 0.3) is 0 Å². The van der Waals surface area contributed by atoms with Gasteiger partial charge in [-0.15, -0.1) is 0 Å². The summed E-state index contributed by atoms with van der Waals surface area (Å²) in [5.41, 5.74) is 2.19. The number of fused-ring (bicyclic) bond motifs is 1. The second-order valence-corrected chi connectivity index (χ2v) is 11.4. The Bertz CT molecular complexity index is 1270. The summed E-state index contributed by atoms with van der Waals surface area (Å²) in [6, 6.07) is 23.1. The van der Waals surface area contributed by atoms with Crippen molar-refractivity contribution in [2.45, 2.75) is 50.2 Å². The Hall–Kier alpha value is -3.32. The number of ether oxygens (including phenoxy) is 1. The van der Waals surface area contributed by atoms with E-state index in [0.29, 0.717) is 11.4 Å². The largest absolute Gasteiger partial charge is 0.476 e.